The van der Waals surface area contributed by atoms with Crippen molar-refractivity contribution in [2.45, 2.75) is 31.7 Å². The number of hydrazine groups is 1. The van der Waals surface area contributed by atoms with Gasteiger partial charge in [0.25, 0.3) is 0 Å². The van der Waals surface area contributed by atoms with Crippen LogP contribution in [0.2, 0.25) is 0 Å². The number of likely N-dealkylation sites (N-methyl/N-ethyl adjacent to an activating group) is 1. The SMILES string of the molecule is CSN1C(S(=O)(=O)c2ccc(C)cc2)=C(C)C(C)N1C. The Hall–Kier alpha value is -0.980. The standard InChI is InChI=1S/C14H20N2O2S2/c1-10-6-8-13(9-7-10)20(17,18)14-11(2)12(3)15(4)16(14)19-5/h6-9,12H,1-5H3. The second kappa shape index (κ2) is 5.42. The maximum Gasteiger partial charge on any atom is 0.223 e. The minimum absolute atomic E-state index is 0.0812. The van der Waals surface area contributed by atoms with E-state index < -0.39 is 9.84 Å². The fourth-order valence-electron chi connectivity index (χ4n) is 2.27. The van der Waals surface area contributed by atoms with Gasteiger partial charge in [0.1, 0.15) is 0 Å². The van der Waals surface area contributed by atoms with E-state index in [2.05, 4.69) is 0 Å². The molecule has 0 bridgehead atoms. The third-order valence-electron chi connectivity index (χ3n) is 3.74. The van der Waals surface area contributed by atoms with Gasteiger partial charge in [0.05, 0.1) is 10.9 Å². The van der Waals surface area contributed by atoms with Crippen LogP contribution in [0.15, 0.2) is 39.8 Å². The monoisotopic (exact) mass is 312 g/mol. The van der Waals surface area contributed by atoms with Crippen LogP contribution in [0, 0.1) is 6.92 Å². The first-order valence-corrected chi connectivity index (χ1v) is 9.06. The molecule has 1 heterocycles. The zero-order valence-electron chi connectivity index (χ0n) is 12.4. The third kappa shape index (κ3) is 2.36. The molecule has 4 nitrogen and oxygen atoms in total. The van der Waals surface area contributed by atoms with Crippen molar-refractivity contribution in [3.8, 4) is 0 Å². The Bertz CT molecular complexity index is 636. The molecule has 0 saturated heterocycles. The molecule has 1 unspecified atom stereocenters. The Kier molecular flexibility index (Phi) is 4.18. The fraction of sp³-hybridized carbons (Fsp3) is 0.429. The van der Waals surface area contributed by atoms with Crippen LogP contribution in [0.5, 0.6) is 0 Å². The zero-order valence-corrected chi connectivity index (χ0v) is 14.0. The minimum Gasteiger partial charge on any atom is -0.236 e. The second-order valence-corrected chi connectivity index (χ2v) is 7.59. The number of hydrogen-bond acceptors (Lipinski definition) is 5. The molecule has 1 aromatic carbocycles. The maximum atomic E-state index is 12.9. The van der Waals surface area contributed by atoms with Gasteiger partial charge in [-0.05, 0) is 50.4 Å². The van der Waals surface area contributed by atoms with Crippen LogP contribution in [0.4, 0.5) is 0 Å². The highest BCUT2D eigenvalue weighted by Gasteiger charge is 2.39. The summed E-state index contributed by atoms with van der Waals surface area (Å²) >= 11 is 1.40. The zero-order chi connectivity index (χ0) is 15.1. The van der Waals surface area contributed by atoms with E-state index in [0.29, 0.717) is 9.92 Å². The molecule has 1 aliphatic heterocycles. The van der Waals surface area contributed by atoms with E-state index in [4.69, 9.17) is 0 Å². The van der Waals surface area contributed by atoms with E-state index in [1.807, 2.05) is 51.2 Å². The van der Waals surface area contributed by atoms with E-state index in [1.165, 1.54) is 11.9 Å². The van der Waals surface area contributed by atoms with Gasteiger partial charge in [-0.25, -0.2) is 17.8 Å². The van der Waals surface area contributed by atoms with Gasteiger partial charge in [-0.1, -0.05) is 17.7 Å². The van der Waals surface area contributed by atoms with Gasteiger partial charge in [0.2, 0.25) is 9.84 Å². The lowest BCUT2D eigenvalue weighted by Gasteiger charge is -2.28. The van der Waals surface area contributed by atoms with Crippen LogP contribution in [-0.4, -0.2) is 37.2 Å². The van der Waals surface area contributed by atoms with Crippen molar-refractivity contribution in [1.82, 2.24) is 9.42 Å². The first-order valence-electron chi connectivity index (χ1n) is 6.40. The largest absolute Gasteiger partial charge is 0.236 e. The number of hydrogen-bond donors (Lipinski definition) is 0. The van der Waals surface area contributed by atoms with Crippen LogP contribution >= 0.6 is 11.9 Å². The Morgan fingerprint density at radius 3 is 2.20 bits per heavy atom. The predicted molar refractivity (Wildman–Crippen MR) is 83.6 cm³/mol. The molecule has 2 rings (SSSR count). The molecular weight excluding hydrogens is 292 g/mol. The van der Waals surface area contributed by atoms with E-state index in [0.717, 1.165) is 11.1 Å². The van der Waals surface area contributed by atoms with Crippen LogP contribution in [0.3, 0.4) is 0 Å². The molecule has 20 heavy (non-hydrogen) atoms. The highest BCUT2D eigenvalue weighted by Crippen LogP contribution is 2.38. The van der Waals surface area contributed by atoms with Crippen molar-refractivity contribution in [3.63, 3.8) is 0 Å². The maximum absolute atomic E-state index is 12.9. The topological polar surface area (TPSA) is 40.6 Å². The molecular formula is C14H20N2O2S2. The molecule has 0 amide bonds. The number of nitrogens with zero attached hydrogens (tertiary/aromatic N) is 2. The molecule has 1 aliphatic rings. The molecule has 0 aliphatic carbocycles. The van der Waals surface area contributed by atoms with Gasteiger partial charge >= 0.3 is 0 Å². The normalized spacial score (nSPS) is 20.9. The molecule has 1 atom stereocenters. The van der Waals surface area contributed by atoms with E-state index >= 15 is 0 Å². The minimum atomic E-state index is -3.49. The Morgan fingerprint density at radius 2 is 1.70 bits per heavy atom. The van der Waals surface area contributed by atoms with Gasteiger partial charge in [-0.3, -0.25) is 0 Å². The summed E-state index contributed by atoms with van der Waals surface area (Å²) in [4.78, 5) is 0.346. The molecule has 0 aromatic heterocycles. The predicted octanol–water partition coefficient (Wildman–Crippen LogP) is 2.83. The lowest BCUT2D eigenvalue weighted by atomic mass is 10.2. The van der Waals surface area contributed by atoms with Gasteiger partial charge in [-0.15, -0.1) is 0 Å². The lowest BCUT2D eigenvalue weighted by molar-refractivity contribution is 0.148. The van der Waals surface area contributed by atoms with E-state index in [9.17, 15) is 8.42 Å². The quantitative estimate of drug-likeness (QED) is 0.803. The average Bonchev–Trinajstić information content (AvgIpc) is 2.63. The highest BCUT2D eigenvalue weighted by atomic mass is 32.2. The highest BCUT2D eigenvalue weighted by molar-refractivity contribution is 7.99. The summed E-state index contributed by atoms with van der Waals surface area (Å²) in [6.45, 7) is 5.84. The van der Waals surface area contributed by atoms with Crippen molar-refractivity contribution >= 4 is 21.8 Å². The number of sulfone groups is 1. The van der Waals surface area contributed by atoms with Gasteiger partial charge < -0.3 is 0 Å². The van der Waals surface area contributed by atoms with Gasteiger partial charge in [0, 0.05) is 13.3 Å². The number of benzene rings is 1. The van der Waals surface area contributed by atoms with Crippen molar-refractivity contribution in [2.75, 3.05) is 13.3 Å². The Morgan fingerprint density at radius 1 is 1.15 bits per heavy atom. The van der Waals surface area contributed by atoms with E-state index in [-0.39, 0.29) is 6.04 Å². The molecule has 0 spiro atoms. The van der Waals surface area contributed by atoms with Crippen molar-refractivity contribution < 1.29 is 8.42 Å². The van der Waals surface area contributed by atoms with Crippen molar-refractivity contribution in [3.05, 3.63) is 40.4 Å². The first kappa shape index (κ1) is 15.4. The summed E-state index contributed by atoms with van der Waals surface area (Å²) in [6, 6.07) is 7.08. The van der Waals surface area contributed by atoms with Crippen LogP contribution < -0.4 is 0 Å². The molecule has 0 radical (unpaired) electrons. The summed E-state index contributed by atoms with van der Waals surface area (Å²) < 4.78 is 27.5. The summed E-state index contributed by atoms with van der Waals surface area (Å²) in [7, 11) is -1.58. The first-order chi connectivity index (χ1) is 9.30. The second-order valence-electron chi connectivity index (χ2n) is 5.01. The number of aryl methyl sites for hydroxylation is 1. The van der Waals surface area contributed by atoms with Crippen molar-refractivity contribution in [1.29, 1.82) is 0 Å². The lowest BCUT2D eigenvalue weighted by Crippen LogP contribution is -2.34. The fourth-order valence-corrected chi connectivity index (χ4v) is 5.14. The smallest absolute Gasteiger partial charge is 0.223 e. The third-order valence-corrected chi connectivity index (χ3v) is 6.54. The molecule has 110 valence electrons. The van der Waals surface area contributed by atoms with Crippen molar-refractivity contribution in [2.24, 2.45) is 0 Å². The Balaban J connectivity index is 2.56. The van der Waals surface area contributed by atoms with Crippen LogP contribution in [0.1, 0.15) is 19.4 Å². The molecule has 6 heteroatoms. The summed E-state index contributed by atoms with van der Waals surface area (Å²) in [6.07, 6.45) is 1.88. The summed E-state index contributed by atoms with van der Waals surface area (Å²) in [5.74, 6) is 0. The molecule has 1 aromatic rings. The van der Waals surface area contributed by atoms with Crippen LogP contribution in [0.25, 0.3) is 0 Å². The Labute approximate surface area is 125 Å². The molecule has 0 N–H and O–H groups in total. The van der Waals surface area contributed by atoms with E-state index in [1.54, 1.807) is 16.5 Å². The average molecular weight is 312 g/mol. The van der Waals surface area contributed by atoms with Gasteiger partial charge in [-0.2, -0.15) is 0 Å². The summed E-state index contributed by atoms with van der Waals surface area (Å²) in [5, 5.41) is 2.34. The number of rotatable bonds is 3. The summed E-state index contributed by atoms with van der Waals surface area (Å²) in [5.41, 5.74) is 1.93. The van der Waals surface area contributed by atoms with Gasteiger partial charge in [0.15, 0.2) is 5.03 Å². The van der Waals surface area contributed by atoms with Crippen LogP contribution in [-0.2, 0) is 9.84 Å². The molecule has 0 fully saturated rings. The molecule has 0 saturated carbocycles.